The summed E-state index contributed by atoms with van der Waals surface area (Å²) in [6.45, 7) is 4.58. The largest absolute Gasteiger partial charge is 0.327 e. The van der Waals surface area contributed by atoms with E-state index >= 15 is 0 Å². The fourth-order valence-electron chi connectivity index (χ4n) is 1.89. The van der Waals surface area contributed by atoms with E-state index in [1.165, 1.54) is 0 Å². The van der Waals surface area contributed by atoms with E-state index < -0.39 is 0 Å². The molecule has 0 atom stereocenters. The van der Waals surface area contributed by atoms with Gasteiger partial charge < -0.3 is 4.90 Å². The molecule has 2 rings (SSSR count). The summed E-state index contributed by atoms with van der Waals surface area (Å²) in [6, 6.07) is 0.105. The van der Waals surface area contributed by atoms with Crippen LogP contribution in [0.4, 0.5) is 4.79 Å². The van der Waals surface area contributed by atoms with Crippen LogP contribution in [-0.4, -0.2) is 35.0 Å². The Kier molecular flexibility index (Phi) is 1.43. The lowest BCUT2D eigenvalue weighted by atomic mass is 10.1. The molecule has 2 aliphatic rings. The molecular formula is C9H14N2O. The van der Waals surface area contributed by atoms with Gasteiger partial charge in [0.2, 0.25) is 0 Å². The second-order valence-corrected chi connectivity index (χ2v) is 3.73. The van der Waals surface area contributed by atoms with Crippen LogP contribution < -0.4 is 0 Å². The van der Waals surface area contributed by atoms with Crippen molar-refractivity contribution in [2.75, 3.05) is 13.6 Å². The maximum absolute atomic E-state index is 11.6. The van der Waals surface area contributed by atoms with Crippen LogP contribution in [0.5, 0.6) is 0 Å². The number of rotatable bonds is 1. The third-order valence-corrected chi connectivity index (χ3v) is 2.97. The monoisotopic (exact) mass is 166 g/mol. The number of nitrogens with zero attached hydrogens (tertiary/aromatic N) is 2. The lowest BCUT2D eigenvalue weighted by Crippen LogP contribution is -2.51. The van der Waals surface area contributed by atoms with Gasteiger partial charge in [-0.2, -0.15) is 0 Å². The topological polar surface area (TPSA) is 23.6 Å². The summed E-state index contributed by atoms with van der Waals surface area (Å²) in [4.78, 5) is 15.1. The lowest BCUT2D eigenvalue weighted by Gasteiger charge is -2.38. The Bertz CT molecular complexity index is 233. The molecule has 0 aromatic rings. The fourth-order valence-corrected chi connectivity index (χ4v) is 1.89. The Morgan fingerprint density at radius 2 is 2.17 bits per heavy atom. The SMILES string of the molecule is C=CN1C(=O)N(C)CCC12CC2. The van der Waals surface area contributed by atoms with Gasteiger partial charge >= 0.3 is 6.03 Å². The number of carbonyl (C=O) groups is 1. The summed E-state index contributed by atoms with van der Waals surface area (Å²) in [5, 5.41) is 0. The quantitative estimate of drug-likeness (QED) is 0.578. The zero-order chi connectivity index (χ0) is 8.77. The zero-order valence-electron chi connectivity index (χ0n) is 7.42. The average molecular weight is 166 g/mol. The van der Waals surface area contributed by atoms with Gasteiger partial charge in [-0.15, -0.1) is 0 Å². The summed E-state index contributed by atoms with van der Waals surface area (Å²) < 4.78 is 0. The number of carbonyl (C=O) groups excluding carboxylic acids is 1. The van der Waals surface area contributed by atoms with Gasteiger partial charge in [-0.3, -0.25) is 4.90 Å². The van der Waals surface area contributed by atoms with E-state index in [4.69, 9.17) is 0 Å². The van der Waals surface area contributed by atoms with Crippen molar-refractivity contribution in [3.63, 3.8) is 0 Å². The predicted molar refractivity (Wildman–Crippen MR) is 46.6 cm³/mol. The Morgan fingerprint density at radius 3 is 2.67 bits per heavy atom. The first-order valence-electron chi connectivity index (χ1n) is 4.37. The Morgan fingerprint density at radius 1 is 1.50 bits per heavy atom. The highest BCUT2D eigenvalue weighted by molar-refractivity contribution is 5.77. The Hall–Kier alpha value is -0.990. The van der Waals surface area contributed by atoms with Crippen LogP contribution >= 0.6 is 0 Å². The minimum Gasteiger partial charge on any atom is -0.327 e. The van der Waals surface area contributed by atoms with Gasteiger partial charge in [-0.05, 0) is 19.3 Å². The molecule has 1 aliphatic heterocycles. The van der Waals surface area contributed by atoms with E-state index in [1.54, 1.807) is 16.0 Å². The molecule has 0 bridgehead atoms. The summed E-state index contributed by atoms with van der Waals surface area (Å²) in [7, 11) is 1.84. The van der Waals surface area contributed by atoms with Crippen molar-refractivity contribution in [1.82, 2.24) is 9.80 Å². The fraction of sp³-hybridized carbons (Fsp3) is 0.667. The minimum absolute atomic E-state index is 0.105. The molecule has 3 heteroatoms. The van der Waals surface area contributed by atoms with Gasteiger partial charge in [-0.25, -0.2) is 4.79 Å². The number of amides is 2. The first-order valence-corrected chi connectivity index (χ1v) is 4.37. The summed E-state index contributed by atoms with van der Waals surface area (Å²) in [5.74, 6) is 0. The highest BCUT2D eigenvalue weighted by Gasteiger charge is 2.52. The van der Waals surface area contributed by atoms with E-state index in [0.717, 1.165) is 25.8 Å². The van der Waals surface area contributed by atoms with E-state index in [1.807, 2.05) is 7.05 Å². The molecule has 0 aromatic heterocycles. The molecule has 2 amide bonds. The maximum Gasteiger partial charge on any atom is 0.324 e. The third-order valence-electron chi connectivity index (χ3n) is 2.97. The molecule has 1 heterocycles. The van der Waals surface area contributed by atoms with Gasteiger partial charge in [0, 0.05) is 19.8 Å². The first kappa shape index (κ1) is 7.65. The van der Waals surface area contributed by atoms with Crippen molar-refractivity contribution in [3.8, 4) is 0 Å². The minimum atomic E-state index is 0.105. The average Bonchev–Trinajstić information content (AvgIpc) is 2.81. The molecule has 0 unspecified atom stereocenters. The van der Waals surface area contributed by atoms with Gasteiger partial charge in [0.15, 0.2) is 0 Å². The second kappa shape index (κ2) is 2.25. The van der Waals surface area contributed by atoms with Crippen LogP contribution in [0.3, 0.4) is 0 Å². The standard InChI is InChI=1S/C9H14N2O/c1-3-11-8(12)10(2)7-6-9(11)4-5-9/h3H,1,4-7H2,2H3. The van der Waals surface area contributed by atoms with Crippen molar-refractivity contribution in [1.29, 1.82) is 0 Å². The summed E-state index contributed by atoms with van der Waals surface area (Å²) >= 11 is 0. The van der Waals surface area contributed by atoms with Crippen LogP contribution in [0.25, 0.3) is 0 Å². The second-order valence-electron chi connectivity index (χ2n) is 3.73. The number of hydrogen-bond acceptors (Lipinski definition) is 1. The van der Waals surface area contributed by atoms with Crippen molar-refractivity contribution < 1.29 is 4.79 Å². The molecule has 1 saturated heterocycles. The van der Waals surface area contributed by atoms with Gasteiger partial charge in [0.25, 0.3) is 0 Å². The van der Waals surface area contributed by atoms with Gasteiger partial charge in [-0.1, -0.05) is 6.58 Å². The van der Waals surface area contributed by atoms with E-state index in [0.29, 0.717) is 0 Å². The van der Waals surface area contributed by atoms with Gasteiger partial charge in [0.05, 0.1) is 5.54 Å². The molecule has 66 valence electrons. The van der Waals surface area contributed by atoms with E-state index in [9.17, 15) is 4.79 Å². The Balaban J connectivity index is 2.21. The maximum atomic E-state index is 11.6. The molecule has 0 radical (unpaired) electrons. The summed E-state index contributed by atoms with van der Waals surface area (Å²) in [6.07, 6.45) is 5.07. The highest BCUT2D eigenvalue weighted by Crippen LogP contribution is 2.47. The first-order chi connectivity index (χ1) is 5.69. The van der Waals surface area contributed by atoms with Gasteiger partial charge in [0.1, 0.15) is 0 Å². The Labute approximate surface area is 72.6 Å². The molecule has 1 spiro atoms. The zero-order valence-corrected chi connectivity index (χ0v) is 7.42. The molecule has 0 N–H and O–H groups in total. The van der Waals surface area contributed by atoms with E-state index in [-0.39, 0.29) is 11.6 Å². The molecule has 3 nitrogen and oxygen atoms in total. The molecule has 12 heavy (non-hydrogen) atoms. The number of hydrogen-bond donors (Lipinski definition) is 0. The van der Waals surface area contributed by atoms with Crippen molar-refractivity contribution >= 4 is 6.03 Å². The third kappa shape index (κ3) is 0.854. The lowest BCUT2D eigenvalue weighted by molar-refractivity contribution is 0.127. The van der Waals surface area contributed by atoms with E-state index in [2.05, 4.69) is 6.58 Å². The van der Waals surface area contributed by atoms with Crippen LogP contribution in [-0.2, 0) is 0 Å². The van der Waals surface area contributed by atoms with Crippen molar-refractivity contribution in [2.45, 2.75) is 24.8 Å². The van der Waals surface area contributed by atoms with Crippen LogP contribution in [0.2, 0.25) is 0 Å². The molecule has 1 saturated carbocycles. The molecule has 1 aliphatic carbocycles. The summed E-state index contributed by atoms with van der Waals surface area (Å²) in [5.41, 5.74) is 0.172. The van der Waals surface area contributed by atoms with Crippen LogP contribution in [0.15, 0.2) is 12.8 Å². The number of urea groups is 1. The molecular weight excluding hydrogens is 152 g/mol. The normalized spacial score (nSPS) is 26.2. The predicted octanol–water partition coefficient (Wildman–Crippen LogP) is 1.42. The van der Waals surface area contributed by atoms with Crippen molar-refractivity contribution in [3.05, 3.63) is 12.8 Å². The molecule has 2 fully saturated rings. The van der Waals surface area contributed by atoms with Crippen LogP contribution in [0.1, 0.15) is 19.3 Å². The van der Waals surface area contributed by atoms with Crippen LogP contribution in [0, 0.1) is 0 Å². The van der Waals surface area contributed by atoms with Crippen molar-refractivity contribution in [2.24, 2.45) is 0 Å². The smallest absolute Gasteiger partial charge is 0.324 e. The molecule has 0 aromatic carbocycles. The highest BCUT2D eigenvalue weighted by atomic mass is 16.2.